The van der Waals surface area contributed by atoms with Crippen molar-refractivity contribution in [3.05, 3.63) is 77.9 Å². The molecule has 0 saturated heterocycles. The van der Waals surface area contributed by atoms with Crippen LogP contribution >= 0.6 is 23.1 Å². The Morgan fingerprint density at radius 3 is 2.29 bits per heavy atom. The standard InChI is InChI=1S/C27H27N3O3S2/c1-27(2,3)18-7-5-17(6-8-18)25(32)29-20-11-14-22-23(15-20)35-26(30-22)34-16-24(31)28-19-9-12-21(33-4)13-10-19/h5-15H,16H2,1-4H3,(H,28,31)(H,29,32). The Bertz CT molecular complexity index is 1340. The van der Waals surface area contributed by atoms with E-state index in [0.29, 0.717) is 16.9 Å². The first-order valence-corrected chi connectivity index (χ1v) is 12.9. The van der Waals surface area contributed by atoms with Gasteiger partial charge in [-0.05, 0) is 65.6 Å². The van der Waals surface area contributed by atoms with E-state index in [2.05, 4.69) is 36.4 Å². The van der Waals surface area contributed by atoms with Gasteiger partial charge in [0, 0.05) is 16.9 Å². The fourth-order valence-electron chi connectivity index (χ4n) is 3.37. The number of nitrogens with one attached hydrogen (secondary N) is 2. The van der Waals surface area contributed by atoms with Gasteiger partial charge in [-0.25, -0.2) is 4.98 Å². The van der Waals surface area contributed by atoms with Gasteiger partial charge in [0.05, 0.1) is 23.1 Å². The van der Waals surface area contributed by atoms with Crippen molar-refractivity contribution < 1.29 is 14.3 Å². The zero-order chi connectivity index (χ0) is 25.0. The summed E-state index contributed by atoms with van der Waals surface area (Å²) in [5.41, 5.74) is 4.09. The van der Waals surface area contributed by atoms with E-state index in [0.717, 1.165) is 20.3 Å². The maximum atomic E-state index is 12.7. The van der Waals surface area contributed by atoms with Gasteiger partial charge in [0.15, 0.2) is 4.34 Å². The summed E-state index contributed by atoms with van der Waals surface area (Å²) in [6, 6.07) is 20.5. The van der Waals surface area contributed by atoms with Gasteiger partial charge < -0.3 is 15.4 Å². The van der Waals surface area contributed by atoms with E-state index < -0.39 is 0 Å². The quantitative estimate of drug-likeness (QED) is 0.277. The molecular weight excluding hydrogens is 478 g/mol. The van der Waals surface area contributed by atoms with Crippen molar-refractivity contribution >= 4 is 56.5 Å². The number of ether oxygens (including phenoxy) is 1. The zero-order valence-electron chi connectivity index (χ0n) is 20.0. The summed E-state index contributed by atoms with van der Waals surface area (Å²) < 4.78 is 6.87. The van der Waals surface area contributed by atoms with Crippen LogP contribution in [0.3, 0.4) is 0 Å². The van der Waals surface area contributed by atoms with E-state index in [1.54, 1.807) is 31.4 Å². The van der Waals surface area contributed by atoms with Crippen molar-refractivity contribution in [3.63, 3.8) is 0 Å². The first-order valence-electron chi connectivity index (χ1n) is 11.1. The van der Waals surface area contributed by atoms with Crippen LogP contribution in [0.5, 0.6) is 5.75 Å². The molecule has 2 N–H and O–H groups in total. The van der Waals surface area contributed by atoms with Crippen LogP contribution < -0.4 is 15.4 Å². The van der Waals surface area contributed by atoms with Gasteiger partial charge in [-0.3, -0.25) is 9.59 Å². The van der Waals surface area contributed by atoms with E-state index >= 15 is 0 Å². The molecule has 1 heterocycles. The zero-order valence-corrected chi connectivity index (χ0v) is 21.7. The number of hydrogen-bond donors (Lipinski definition) is 2. The van der Waals surface area contributed by atoms with Crippen LogP contribution in [0.1, 0.15) is 36.7 Å². The molecule has 3 aromatic carbocycles. The maximum Gasteiger partial charge on any atom is 0.255 e. The smallest absolute Gasteiger partial charge is 0.255 e. The minimum absolute atomic E-state index is 0.0400. The predicted molar refractivity (Wildman–Crippen MR) is 145 cm³/mol. The molecule has 0 unspecified atom stereocenters. The fraction of sp³-hybridized carbons (Fsp3) is 0.222. The van der Waals surface area contributed by atoms with E-state index in [1.165, 1.54) is 28.7 Å². The molecule has 4 rings (SSSR count). The van der Waals surface area contributed by atoms with Crippen molar-refractivity contribution in [1.82, 2.24) is 4.98 Å². The van der Waals surface area contributed by atoms with Crippen LogP contribution in [0.2, 0.25) is 0 Å². The SMILES string of the molecule is COc1ccc(NC(=O)CSc2nc3ccc(NC(=O)c4ccc(C(C)(C)C)cc4)cc3s2)cc1. The Balaban J connectivity index is 1.36. The number of thioether (sulfide) groups is 1. The van der Waals surface area contributed by atoms with Crippen LogP contribution in [-0.4, -0.2) is 29.7 Å². The second-order valence-electron chi connectivity index (χ2n) is 9.01. The predicted octanol–water partition coefficient (Wildman–Crippen LogP) is 6.59. The summed E-state index contributed by atoms with van der Waals surface area (Å²) in [5.74, 6) is 0.727. The molecule has 4 aromatic rings. The maximum absolute atomic E-state index is 12.7. The van der Waals surface area contributed by atoms with Gasteiger partial charge in [0.2, 0.25) is 5.91 Å². The summed E-state index contributed by atoms with van der Waals surface area (Å²) >= 11 is 2.88. The number of fused-ring (bicyclic) bond motifs is 1. The molecular formula is C27H27N3O3S2. The number of hydrogen-bond acceptors (Lipinski definition) is 6. The highest BCUT2D eigenvalue weighted by molar-refractivity contribution is 8.01. The van der Waals surface area contributed by atoms with Gasteiger partial charge >= 0.3 is 0 Å². The molecule has 8 heteroatoms. The van der Waals surface area contributed by atoms with Gasteiger partial charge in [0.25, 0.3) is 5.91 Å². The summed E-state index contributed by atoms with van der Waals surface area (Å²) in [7, 11) is 1.60. The Hall–Kier alpha value is -3.36. The largest absolute Gasteiger partial charge is 0.497 e. The summed E-state index contributed by atoms with van der Waals surface area (Å²) in [6.45, 7) is 6.44. The molecule has 0 atom stereocenters. The number of rotatable bonds is 7. The number of nitrogens with zero attached hydrogens (tertiary/aromatic N) is 1. The molecule has 0 bridgehead atoms. The molecule has 35 heavy (non-hydrogen) atoms. The highest BCUT2D eigenvalue weighted by Crippen LogP contribution is 2.31. The second kappa shape index (κ2) is 10.5. The molecule has 0 spiro atoms. The lowest BCUT2D eigenvalue weighted by Crippen LogP contribution is -2.14. The minimum Gasteiger partial charge on any atom is -0.497 e. The molecule has 6 nitrogen and oxygen atoms in total. The van der Waals surface area contributed by atoms with Gasteiger partial charge in [0.1, 0.15) is 5.75 Å². The Labute approximate surface area is 213 Å². The number of amides is 2. The van der Waals surface area contributed by atoms with Crippen molar-refractivity contribution in [2.75, 3.05) is 23.5 Å². The molecule has 0 radical (unpaired) electrons. The monoisotopic (exact) mass is 505 g/mol. The van der Waals surface area contributed by atoms with E-state index in [4.69, 9.17) is 4.74 Å². The highest BCUT2D eigenvalue weighted by Gasteiger charge is 2.15. The number of aromatic nitrogens is 1. The van der Waals surface area contributed by atoms with Crippen molar-refractivity contribution in [3.8, 4) is 5.75 Å². The minimum atomic E-state index is -0.154. The van der Waals surface area contributed by atoms with Crippen molar-refractivity contribution in [1.29, 1.82) is 0 Å². The summed E-state index contributed by atoms with van der Waals surface area (Å²) in [4.78, 5) is 29.6. The third-order valence-electron chi connectivity index (χ3n) is 5.34. The average molecular weight is 506 g/mol. The molecule has 2 amide bonds. The number of thiazole rings is 1. The van der Waals surface area contributed by atoms with Crippen LogP contribution in [0, 0.1) is 0 Å². The first kappa shape index (κ1) is 24.8. The fourth-order valence-corrected chi connectivity index (χ4v) is 5.27. The van der Waals surface area contributed by atoms with Crippen molar-refractivity contribution in [2.24, 2.45) is 0 Å². The first-order chi connectivity index (χ1) is 16.7. The van der Waals surface area contributed by atoms with Crippen LogP contribution in [0.4, 0.5) is 11.4 Å². The highest BCUT2D eigenvalue weighted by atomic mass is 32.2. The van der Waals surface area contributed by atoms with Gasteiger partial charge in [-0.1, -0.05) is 44.7 Å². The second-order valence-corrected chi connectivity index (χ2v) is 11.3. The topological polar surface area (TPSA) is 80.3 Å². The number of carbonyl (C=O) groups is 2. The Morgan fingerprint density at radius 1 is 0.943 bits per heavy atom. The average Bonchev–Trinajstić information content (AvgIpc) is 3.25. The van der Waals surface area contributed by atoms with E-state index in [1.807, 2.05) is 42.5 Å². The molecule has 0 aliphatic heterocycles. The number of benzene rings is 3. The molecule has 0 aliphatic rings. The van der Waals surface area contributed by atoms with Crippen LogP contribution in [0.15, 0.2) is 71.1 Å². The third kappa shape index (κ3) is 6.41. The lowest BCUT2D eigenvalue weighted by molar-refractivity contribution is -0.113. The van der Waals surface area contributed by atoms with E-state index in [-0.39, 0.29) is 23.0 Å². The van der Waals surface area contributed by atoms with Crippen LogP contribution in [-0.2, 0) is 10.2 Å². The molecule has 0 saturated carbocycles. The number of methoxy groups -OCH3 is 1. The number of anilines is 2. The van der Waals surface area contributed by atoms with E-state index in [9.17, 15) is 9.59 Å². The van der Waals surface area contributed by atoms with Gasteiger partial charge in [-0.2, -0.15) is 0 Å². The third-order valence-corrected chi connectivity index (χ3v) is 7.50. The molecule has 0 aliphatic carbocycles. The summed E-state index contributed by atoms with van der Waals surface area (Å²) in [5, 5.41) is 5.83. The Kier molecular flexibility index (Phi) is 7.42. The van der Waals surface area contributed by atoms with Crippen LogP contribution in [0.25, 0.3) is 10.2 Å². The lowest BCUT2D eigenvalue weighted by Gasteiger charge is -2.19. The molecule has 180 valence electrons. The molecule has 0 fully saturated rings. The van der Waals surface area contributed by atoms with Gasteiger partial charge in [-0.15, -0.1) is 11.3 Å². The normalized spacial score (nSPS) is 11.3. The molecule has 1 aromatic heterocycles. The van der Waals surface area contributed by atoms with Crippen molar-refractivity contribution in [2.45, 2.75) is 30.5 Å². The number of carbonyl (C=O) groups excluding carboxylic acids is 2. The Morgan fingerprint density at radius 2 is 1.63 bits per heavy atom. The summed E-state index contributed by atoms with van der Waals surface area (Å²) in [6.07, 6.45) is 0. The lowest BCUT2D eigenvalue weighted by atomic mass is 9.87.